The molecule has 0 heterocycles. The van der Waals surface area contributed by atoms with Gasteiger partial charge in [0, 0.05) is 5.87 Å². The molecule has 3 nitrogen and oxygen atoms in total. The minimum atomic E-state index is 0.944. The predicted molar refractivity (Wildman–Crippen MR) is 19.4 cm³/mol. The quantitative estimate of drug-likeness (QED) is 0.195. The van der Waals surface area contributed by atoms with Crippen molar-refractivity contribution in [3.63, 3.8) is 0 Å². The van der Waals surface area contributed by atoms with Crippen molar-refractivity contribution in [2.75, 3.05) is 0 Å². The molecular weight excluding hydrogens is 80.0 g/mol. The molecule has 0 aromatic carbocycles. The van der Waals surface area contributed by atoms with Crippen LogP contribution in [0.3, 0.4) is 0 Å². The van der Waals surface area contributed by atoms with Gasteiger partial charge < -0.3 is 5.21 Å². The van der Waals surface area contributed by atoms with Crippen molar-refractivity contribution in [3.8, 4) is 6.07 Å². The number of hydrogen-bond donors (Lipinski definition) is 1. The minimum Gasteiger partial charge on any atom is -0.404 e. The first-order valence-corrected chi connectivity index (χ1v) is 1.22. The van der Waals surface area contributed by atoms with Crippen molar-refractivity contribution >= 4 is 5.87 Å². The third kappa shape index (κ3) is 2.74. The van der Waals surface area contributed by atoms with Crippen molar-refractivity contribution in [3.05, 3.63) is 6.08 Å². The average molecular weight is 82.1 g/mol. The lowest BCUT2D eigenvalue weighted by Gasteiger charge is -1.49. The zero-order chi connectivity index (χ0) is 4.83. The van der Waals surface area contributed by atoms with Crippen molar-refractivity contribution in [2.24, 2.45) is 5.16 Å². The van der Waals surface area contributed by atoms with Gasteiger partial charge in [-0.2, -0.15) is 5.26 Å². The largest absolute Gasteiger partial charge is 0.404 e. The number of nitrogens with zero attached hydrogens (tertiary/aromatic N) is 2. The fourth-order valence-electron chi connectivity index (χ4n) is 0.0577. The monoisotopic (exact) mass is 82.0 g/mol. The second-order valence-electron chi connectivity index (χ2n) is 0.503. The fourth-order valence-corrected chi connectivity index (χ4v) is 0.0577. The lowest BCUT2D eigenvalue weighted by Crippen LogP contribution is -1.48. The number of hydrogen-bond acceptors (Lipinski definition) is 3. The van der Waals surface area contributed by atoms with Crippen LogP contribution in [-0.4, -0.2) is 11.1 Å². The van der Waals surface area contributed by atoms with Crippen molar-refractivity contribution in [1.82, 2.24) is 0 Å². The van der Waals surface area contributed by atoms with E-state index >= 15 is 0 Å². The highest BCUT2D eigenvalue weighted by molar-refractivity contribution is 5.54. The number of nitriles is 1. The first-order chi connectivity index (χ1) is 2.91. The fraction of sp³-hybridized carbons (Fsp3) is 0. The van der Waals surface area contributed by atoms with Gasteiger partial charge in [-0.1, -0.05) is 0 Å². The van der Waals surface area contributed by atoms with Crippen LogP contribution in [0.25, 0.3) is 0 Å². The van der Waals surface area contributed by atoms with Crippen molar-refractivity contribution in [2.45, 2.75) is 0 Å². The van der Waals surface area contributed by atoms with Crippen LogP contribution in [0.2, 0.25) is 0 Å². The third-order valence-corrected chi connectivity index (χ3v) is 0.187. The molecule has 0 amide bonds. The van der Waals surface area contributed by atoms with Crippen LogP contribution in [-0.2, 0) is 0 Å². The summed E-state index contributed by atoms with van der Waals surface area (Å²) >= 11 is 0. The number of rotatable bonds is 0. The summed E-state index contributed by atoms with van der Waals surface area (Å²) in [6.45, 7) is 0. The smallest absolute Gasteiger partial charge is 0.101 e. The Bertz CT molecular complexity index is 115. The van der Waals surface area contributed by atoms with Gasteiger partial charge in [-0.15, -0.1) is 0 Å². The molecular formula is C3H2N2O. The molecule has 0 aromatic heterocycles. The van der Waals surface area contributed by atoms with Crippen LogP contribution < -0.4 is 0 Å². The maximum atomic E-state index is 7.66. The Morgan fingerprint density at radius 3 is 2.67 bits per heavy atom. The molecule has 0 rings (SSSR count). The highest BCUT2D eigenvalue weighted by atomic mass is 16.4. The molecule has 0 unspecified atom stereocenters. The van der Waals surface area contributed by atoms with Crippen LogP contribution in [0.15, 0.2) is 11.2 Å². The summed E-state index contributed by atoms with van der Waals surface area (Å²) in [4.78, 5) is 0. The Morgan fingerprint density at radius 1 is 1.83 bits per heavy atom. The van der Waals surface area contributed by atoms with E-state index in [4.69, 9.17) is 10.5 Å². The van der Waals surface area contributed by atoms with Gasteiger partial charge in [0.15, 0.2) is 0 Å². The Hall–Kier alpha value is -1.26. The molecule has 1 N–H and O–H groups in total. The molecule has 0 spiro atoms. The second-order valence-corrected chi connectivity index (χ2v) is 0.503. The van der Waals surface area contributed by atoms with Gasteiger partial charge in [-0.3, -0.25) is 0 Å². The average Bonchev–Trinajstić information content (AvgIpc) is 1.61. The molecule has 0 saturated carbocycles. The zero-order valence-corrected chi connectivity index (χ0v) is 2.92. The molecule has 0 aliphatic carbocycles. The number of allylic oxidation sites excluding steroid dienone is 1. The van der Waals surface area contributed by atoms with Crippen LogP contribution in [0.1, 0.15) is 0 Å². The SMILES string of the molecule is N#CC=C=NO. The van der Waals surface area contributed by atoms with Crippen LogP contribution >= 0.6 is 0 Å². The van der Waals surface area contributed by atoms with E-state index in [1.807, 2.05) is 5.87 Å². The zero-order valence-electron chi connectivity index (χ0n) is 2.92. The van der Waals surface area contributed by atoms with Crippen LogP contribution in [0.5, 0.6) is 0 Å². The summed E-state index contributed by atoms with van der Waals surface area (Å²) in [5, 5.41) is 17.6. The Labute approximate surface area is 34.8 Å². The highest BCUT2D eigenvalue weighted by Gasteiger charge is 1.48. The molecule has 30 valence electrons. The molecule has 0 aromatic rings. The van der Waals surface area contributed by atoms with Gasteiger partial charge in [0.05, 0.1) is 6.08 Å². The summed E-state index contributed by atoms with van der Waals surface area (Å²) in [7, 11) is 0. The van der Waals surface area contributed by atoms with Gasteiger partial charge in [0.1, 0.15) is 6.07 Å². The van der Waals surface area contributed by atoms with Gasteiger partial charge >= 0.3 is 0 Å². The first-order valence-electron chi connectivity index (χ1n) is 1.22. The molecule has 0 atom stereocenters. The molecule has 0 aliphatic rings. The van der Waals surface area contributed by atoms with E-state index in [2.05, 4.69) is 5.16 Å². The summed E-state index contributed by atoms with van der Waals surface area (Å²) in [5.74, 6) is 1.89. The molecule has 0 bridgehead atoms. The maximum absolute atomic E-state index is 7.66. The molecule has 6 heavy (non-hydrogen) atoms. The second kappa shape index (κ2) is 3.74. The summed E-state index contributed by atoms with van der Waals surface area (Å²) in [6.07, 6.45) is 0.944. The lowest BCUT2D eigenvalue weighted by molar-refractivity contribution is 0.323. The third-order valence-electron chi connectivity index (χ3n) is 0.187. The van der Waals surface area contributed by atoms with Gasteiger partial charge in [-0.05, 0) is 5.16 Å². The van der Waals surface area contributed by atoms with E-state index in [0.29, 0.717) is 0 Å². The van der Waals surface area contributed by atoms with E-state index in [0.717, 1.165) is 6.08 Å². The molecule has 0 radical (unpaired) electrons. The summed E-state index contributed by atoms with van der Waals surface area (Å²) < 4.78 is 0. The standard InChI is InChI=1S/C3H2N2O/c4-2-1-3-5-6/h1,6H. The van der Waals surface area contributed by atoms with E-state index in [1.54, 1.807) is 6.07 Å². The van der Waals surface area contributed by atoms with Crippen molar-refractivity contribution in [1.29, 1.82) is 5.26 Å². The van der Waals surface area contributed by atoms with E-state index in [9.17, 15) is 0 Å². The lowest BCUT2D eigenvalue weighted by atomic mass is 10.7. The van der Waals surface area contributed by atoms with Crippen LogP contribution in [0.4, 0.5) is 0 Å². The molecule has 0 aliphatic heterocycles. The molecule has 0 saturated heterocycles. The first kappa shape index (κ1) is 4.74. The van der Waals surface area contributed by atoms with Crippen LogP contribution in [0, 0.1) is 11.3 Å². The summed E-state index contributed by atoms with van der Waals surface area (Å²) in [5.41, 5.74) is 0. The highest BCUT2D eigenvalue weighted by Crippen LogP contribution is 1.46. The van der Waals surface area contributed by atoms with Crippen molar-refractivity contribution < 1.29 is 5.21 Å². The molecule has 3 heteroatoms. The normalized spacial score (nSPS) is 4.50. The maximum Gasteiger partial charge on any atom is 0.101 e. The summed E-state index contributed by atoms with van der Waals surface area (Å²) in [6, 6.07) is 1.58. The molecule has 0 fully saturated rings. The van der Waals surface area contributed by atoms with Gasteiger partial charge in [0.25, 0.3) is 0 Å². The van der Waals surface area contributed by atoms with Gasteiger partial charge in [0.2, 0.25) is 0 Å². The van der Waals surface area contributed by atoms with E-state index < -0.39 is 0 Å². The Kier molecular flexibility index (Phi) is 2.95. The van der Waals surface area contributed by atoms with Gasteiger partial charge in [-0.25, -0.2) is 0 Å². The van der Waals surface area contributed by atoms with E-state index in [1.165, 1.54) is 0 Å². The minimum absolute atomic E-state index is 0.944. The Morgan fingerprint density at radius 2 is 2.50 bits per heavy atom. The Balaban J connectivity index is 3.56. The topological polar surface area (TPSA) is 56.4 Å². The van der Waals surface area contributed by atoms with E-state index in [-0.39, 0.29) is 0 Å². The predicted octanol–water partition coefficient (Wildman–Crippen LogP) is 0.125.